The standard InChI is InChI=1S/C13H14N2O3/c1-15-12(13(16)17)8-10(14-15)7-9-3-5-11(18-2)6-4-9/h3-6,8H,7H2,1-2H3,(H,16,17). The van der Waals surface area contributed by atoms with Crippen molar-refractivity contribution in [1.82, 2.24) is 9.78 Å². The average Bonchev–Trinajstić information content (AvgIpc) is 2.71. The van der Waals surface area contributed by atoms with E-state index in [1.165, 1.54) is 4.68 Å². The number of rotatable bonds is 4. The van der Waals surface area contributed by atoms with Crippen molar-refractivity contribution in [2.45, 2.75) is 6.42 Å². The Labute approximate surface area is 105 Å². The van der Waals surface area contributed by atoms with Crippen LogP contribution in [0, 0.1) is 0 Å². The molecule has 0 spiro atoms. The normalized spacial score (nSPS) is 10.3. The van der Waals surface area contributed by atoms with Crippen molar-refractivity contribution < 1.29 is 14.6 Å². The minimum atomic E-state index is -0.967. The number of methoxy groups -OCH3 is 1. The topological polar surface area (TPSA) is 64.3 Å². The highest BCUT2D eigenvalue weighted by atomic mass is 16.5. The zero-order chi connectivity index (χ0) is 13.1. The molecule has 0 atom stereocenters. The maximum absolute atomic E-state index is 10.9. The lowest BCUT2D eigenvalue weighted by molar-refractivity contribution is 0.0685. The zero-order valence-corrected chi connectivity index (χ0v) is 10.3. The summed E-state index contributed by atoms with van der Waals surface area (Å²) in [5.41, 5.74) is 1.99. The second-order valence-electron chi connectivity index (χ2n) is 3.97. The van der Waals surface area contributed by atoms with E-state index in [1.54, 1.807) is 20.2 Å². The summed E-state index contributed by atoms with van der Waals surface area (Å²) >= 11 is 0. The Balaban J connectivity index is 2.18. The largest absolute Gasteiger partial charge is 0.497 e. The van der Waals surface area contributed by atoms with Gasteiger partial charge in [-0.05, 0) is 23.8 Å². The molecule has 0 saturated heterocycles. The summed E-state index contributed by atoms with van der Waals surface area (Å²) in [6.45, 7) is 0. The van der Waals surface area contributed by atoms with Crippen molar-refractivity contribution in [1.29, 1.82) is 0 Å². The van der Waals surface area contributed by atoms with E-state index in [1.807, 2.05) is 24.3 Å². The summed E-state index contributed by atoms with van der Waals surface area (Å²) in [5, 5.41) is 13.1. The Hall–Kier alpha value is -2.30. The number of aryl methyl sites for hydroxylation is 1. The van der Waals surface area contributed by atoms with E-state index in [4.69, 9.17) is 9.84 Å². The lowest BCUT2D eigenvalue weighted by Gasteiger charge is -2.01. The van der Waals surface area contributed by atoms with Gasteiger partial charge in [0, 0.05) is 13.5 Å². The summed E-state index contributed by atoms with van der Waals surface area (Å²) in [6.07, 6.45) is 0.602. The number of aromatic nitrogens is 2. The van der Waals surface area contributed by atoms with Gasteiger partial charge in [-0.15, -0.1) is 0 Å². The molecule has 94 valence electrons. The van der Waals surface area contributed by atoms with Crippen LogP contribution in [0.1, 0.15) is 21.7 Å². The van der Waals surface area contributed by atoms with E-state index in [2.05, 4.69) is 5.10 Å². The number of nitrogens with zero attached hydrogens (tertiary/aromatic N) is 2. The molecule has 0 aliphatic rings. The van der Waals surface area contributed by atoms with Crippen molar-refractivity contribution in [2.75, 3.05) is 7.11 Å². The number of benzene rings is 1. The van der Waals surface area contributed by atoms with Crippen LogP contribution in [0.4, 0.5) is 0 Å². The molecule has 1 aromatic heterocycles. The minimum absolute atomic E-state index is 0.193. The van der Waals surface area contributed by atoms with Gasteiger partial charge in [0.05, 0.1) is 12.8 Å². The molecule has 0 saturated carbocycles. The Morgan fingerprint density at radius 1 is 1.39 bits per heavy atom. The van der Waals surface area contributed by atoms with Crippen LogP contribution >= 0.6 is 0 Å². The molecule has 1 aromatic carbocycles. The van der Waals surface area contributed by atoms with Gasteiger partial charge >= 0.3 is 5.97 Å². The van der Waals surface area contributed by atoms with Crippen molar-refractivity contribution in [3.8, 4) is 5.75 Å². The maximum atomic E-state index is 10.9. The lowest BCUT2D eigenvalue weighted by Crippen LogP contribution is -2.04. The van der Waals surface area contributed by atoms with E-state index in [9.17, 15) is 4.79 Å². The number of carboxylic acids is 1. The van der Waals surface area contributed by atoms with Crippen molar-refractivity contribution in [2.24, 2.45) is 7.05 Å². The number of carboxylic acid groups (broad SMARTS) is 1. The van der Waals surface area contributed by atoms with Crippen LogP contribution in [0.5, 0.6) is 5.75 Å². The SMILES string of the molecule is COc1ccc(Cc2cc(C(=O)O)n(C)n2)cc1. The third-order valence-corrected chi connectivity index (χ3v) is 2.69. The fourth-order valence-corrected chi connectivity index (χ4v) is 1.77. The van der Waals surface area contributed by atoms with E-state index < -0.39 is 5.97 Å². The first kappa shape index (κ1) is 12.2. The summed E-state index contributed by atoms with van der Waals surface area (Å²) in [4.78, 5) is 10.9. The Kier molecular flexibility index (Phi) is 3.32. The molecule has 0 amide bonds. The van der Waals surface area contributed by atoms with Crippen LogP contribution in [-0.4, -0.2) is 28.0 Å². The highest BCUT2D eigenvalue weighted by molar-refractivity contribution is 5.85. The van der Waals surface area contributed by atoms with Crippen LogP contribution in [0.3, 0.4) is 0 Å². The Morgan fingerprint density at radius 3 is 2.56 bits per heavy atom. The Morgan fingerprint density at radius 2 is 2.06 bits per heavy atom. The van der Waals surface area contributed by atoms with Gasteiger partial charge in [0.15, 0.2) is 0 Å². The quantitative estimate of drug-likeness (QED) is 0.892. The predicted molar refractivity (Wildman–Crippen MR) is 66.0 cm³/mol. The number of ether oxygens (including phenoxy) is 1. The first-order valence-electron chi connectivity index (χ1n) is 5.49. The number of hydrogen-bond donors (Lipinski definition) is 1. The molecule has 0 aliphatic carbocycles. The molecule has 0 fully saturated rings. The van der Waals surface area contributed by atoms with Gasteiger partial charge in [0.2, 0.25) is 0 Å². The van der Waals surface area contributed by atoms with Gasteiger partial charge in [-0.2, -0.15) is 5.10 Å². The van der Waals surface area contributed by atoms with Crippen molar-refractivity contribution in [3.63, 3.8) is 0 Å². The predicted octanol–water partition coefficient (Wildman–Crippen LogP) is 1.72. The molecule has 5 nitrogen and oxygen atoms in total. The van der Waals surface area contributed by atoms with Crippen LogP contribution in [0.15, 0.2) is 30.3 Å². The van der Waals surface area contributed by atoms with E-state index in [0.717, 1.165) is 17.0 Å². The molecule has 0 aliphatic heterocycles. The monoisotopic (exact) mass is 246 g/mol. The second kappa shape index (κ2) is 4.91. The van der Waals surface area contributed by atoms with Crippen molar-refractivity contribution in [3.05, 3.63) is 47.3 Å². The van der Waals surface area contributed by atoms with Gasteiger partial charge in [-0.3, -0.25) is 4.68 Å². The maximum Gasteiger partial charge on any atom is 0.354 e. The summed E-state index contributed by atoms with van der Waals surface area (Å²) in [5.74, 6) is -0.169. The number of hydrogen-bond acceptors (Lipinski definition) is 3. The smallest absolute Gasteiger partial charge is 0.354 e. The third kappa shape index (κ3) is 2.51. The fourth-order valence-electron chi connectivity index (χ4n) is 1.77. The number of aromatic carboxylic acids is 1. The molecule has 5 heteroatoms. The molecule has 1 heterocycles. The lowest BCUT2D eigenvalue weighted by atomic mass is 10.1. The minimum Gasteiger partial charge on any atom is -0.497 e. The van der Waals surface area contributed by atoms with Gasteiger partial charge in [0.25, 0.3) is 0 Å². The second-order valence-corrected chi connectivity index (χ2v) is 3.97. The van der Waals surface area contributed by atoms with Gasteiger partial charge < -0.3 is 9.84 Å². The molecule has 1 N–H and O–H groups in total. The first-order chi connectivity index (χ1) is 8.60. The van der Waals surface area contributed by atoms with Crippen LogP contribution in [-0.2, 0) is 13.5 Å². The molecule has 0 bridgehead atoms. The zero-order valence-electron chi connectivity index (χ0n) is 10.3. The van der Waals surface area contributed by atoms with Gasteiger partial charge in [-0.25, -0.2) is 4.79 Å². The van der Waals surface area contributed by atoms with E-state index in [0.29, 0.717) is 6.42 Å². The molecule has 2 aromatic rings. The molecular formula is C13H14N2O3. The molecule has 2 rings (SSSR count). The Bertz CT molecular complexity index is 558. The van der Waals surface area contributed by atoms with Crippen LogP contribution in [0.2, 0.25) is 0 Å². The number of carbonyl (C=O) groups is 1. The van der Waals surface area contributed by atoms with E-state index in [-0.39, 0.29) is 5.69 Å². The highest BCUT2D eigenvalue weighted by Crippen LogP contribution is 2.14. The first-order valence-corrected chi connectivity index (χ1v) is 5.49. The highest BCUT2D eigenvalue weighted by Gasteiger charge is 2.11. The molecule has 18 heavy (non-hydrogen) atoms. The third-order valence-electron chi connectivity index (χ3n) is 2.69. The molecular weight excluding hydrogens is 232 g/mol. The van der Waals surface area contributed by atoms with Crippen LogP contribution < -0.4 is 4.74 Å². The fraction of sp³-hybridized carbons (Fsp3) is 0.231. The molecule has 0 unspecified atom stereocenters. The summed E-state index contributed by atoms with van der Waals surface area (Å²) in [6, 6.07) is 9.21. The summed E-state index contributed by atoms with van der Waals surface area (Å²) in [7, 11) is 3.24. The van der Waals surface area contributed by atoms with E-state index >= 15 is 0 Å². The van der Waals surface area contributed by atoms with Gasteiger partial charge in [0.1, 0.15) is 11.4 Å². The summed E-state index contributed by atoms with van der Waals surface area (Å²) < 4.78 is 6.45. The van der Waals surface area contributed by atoms with Crippen LogP contribution in [0.25, 0.3) is 0 Å². The average molecular weight is 246 g/mol. The molecule has 0 radical (unpaired) electrons. The van der Waals surface area contributed by atoms with Gasteiger partial charge in [-0.1, -0.05) is 12.1 Å². The van der Waals surface area contributed by atoms with Crippen molar-refractivity contribution >= 4 is 5.97 Å².